The van der Waals surface area contributed by atoms with E-state index in [-0.39, 0.29) is 0 Å². The predicted octanol–water partition coefficient (Wildman–Crippen LogP) is 2.44. The van der Waals surface area contributed by atoms with E-state index in [4.69, 9.17) is 4.74 Å². The van der Waals surface area contributed by atoms with Crippen molar-refractivity contribution in [3.63, 3.8) is 0 Å². The molecule has 2 aliphatic carbocycles. The Balaban J connectivity index is 1.96. The molecule has 2 nitrogen and oxygen atoms in total. The fourth-order valence-electron chi connectivity index (χ4n) is 3.26. The standard InChI is InChI=1S/C12H16O2/c13-11-9-5-2-1-4-8(9)10-6-3-7-14-12(10)11/h8-9H,1-7H2/t8-,9+/m1/s1. The van der Waals surface area contributed by atoms with Crippen LogP contribution in [0.25, 0.3) is 0 Å². The number of carbonyl (C=O) groups excluding carboxylic acids is 1. The molecule has 14 heavy (non-hydrogen) atoms. The Kier molecular flexibility index (Phi) is 1.89. The summed E-state index contributed by atoms with van der Waals surface area (Å²) >= 11 is 0. The fraction of sp³-hybridized carbons (Fsp3) is 0.750. The molecule has 0 aromatic rings. The van der Waals surface area contributed by atoms with Crippen molar-refractivity contribution in [3.8, 4) is 0 Å². The Hall–Kier alpha value is -0.790. The van der Waals surface area contributed by atoms with Crippen molar-refractivity contribution in [2.24, 2.45) is 11.8 Å². The van der Waals surface area contributed by atoms with Crippen LogP contribution in [0.15, 0.2) is 11.3 Å². The summed E-state index contributed by atoms with van der Waals surface area (Å²) in [5.41, 5.74) is 1.37. The first kappa shape index (κ1) is 8.51. The van der Waals surface area contributed by atoms with Crippen molar-refractivity contribution in [3.05, 3.63) is 11.3 Å². The van der Waals surface area contributed by atoms with E-state index in [1.54, 1.807) is 0 Å². The lowest BCUT2D eigenvalue weighted by Crippen LogP contribution is -2.21. The van der Waals surface area contributed by atoms with E-state index in [9.17, 15) is 4.79 Å². The summed E-state index contributed by atoms with van der Waals surface area (Å²) in [6.07, 6.45) is 7.06. The van der Waals surface area contributed by atoms with Crippen LogP contribution >= 0.6 is 0 Å². The Morgan fingerprint density at radius 1 is 1.07 bits per heavy atom. The van der Waals surface area contributed by atoms with Gasteiger partial charge in [-0.2, -0.15) is 0 Å². The highest BCUT2D eigenvalue weighted by Crippen LogP contribution is 2.46. The van der Waals surface area contributed by atoms with Gasteiger partial charge >= 0.3 is 0 Å². The molecule has 0 amide bonds. The molecule has 0 radical (unpaired) electrons. The molecular weight excluding hydrogens is 176 g/mol. The molecule has 1 heterocycles. The molecule has 0 aromatic carbocycles. The molecule has 0 spiro atoms. The van der Waals surface area contributed by atoms with Crippen LogP contribution in [-0.2, 0) is 9.53 Å². The number of carbonyl (C=O) groups is 1. The molecule has 0 N–H and O–H groups in total. The smallest absolute Gasteiger partial charge is 0.200 e. The van der Waals surface area contributed by atoms with E-state index in [2.05, 4.69) is 0 Å². The summed E-state index contributed by atoms with van der Waals surface area (Å²) in [4.78, 5) is 12.0. The average molecular weight is 192 g/mol. The molecule has 1 fully saturated rings. The van der Waals surface area contributed by atoms with Crippen molar-refractivity contribution >= 4 is 5.78 Å². The second-order valence-corrected chi connectivity index (χ2v) is 4.67. The molecule has 1 saturated carbocycles. The molecule has 2 atom stereocenters. The van der Waals surface area contributed by atoms with E-state index in [0.717, 1.165) is 31.6 Å². The van der Waals surface area contributed by atoms with E-state index >= 15 is 0 Å². The minimum Gasteiger partial charge on any atom is -0.490 e. The minimum absolute atomic E-state index is 0.298. The molecule has 0 bridgehead atoms. The summed E-state index contributed by atoms with van der Waals surface area (Å²) < 4.78 is 5.54. The van der Waals surface area contributed by atoms with E-state index in [1.165, 1.54) is 24.8 Å². The van der Waals surface area contributed by atoms with Crippen LogP contribution in [0.5, 0.6) is 0 Å². The van der Waals surface area contributed by atoms with Crippen LogP contribution in [0, 0.1) is 11.8 Å². The first-order valence-corrected chi connectivity index (χ1v) is 5.78. The third-order valence-electron chi connectivity index (χ3n) is 3.90. The van der Waals surface area contributed by atoms with Crippen molar-refractivity contribution < 1.29 is 9.53 Å². The van der Waals surface area contributed by atoms with Gasteiger partial charge in [0.05, 0.1) is 6.61 Å². The maximum Gasteiger partial charge on any atom is 0.200 e. The first-order valence-electron chi connectivity index (χ1n) is 5.78. The second-order valence-electron chi connectivity index (χ2n) is 4.67. The molecule has 0 saturated heterocycles. The monoisotopic (exact) mass is 192 g/mol. The number of hydrogen-bond donors (Lipinski definition) is 0. The molecule has 3 aliphatic rings. The van der Waals surface area contributed by atoms with Gasteiger partial charge in [0, 0.05) is 5.92 Å². The second kappa shape index (κ2) is 3.11. The number of ketones is 1. The molecule has 76 valence electrons. The molecule has 0 unspecified atom stereocenters. The molecule has 0 aromatic heterocycles. The highest BCUT2D eigenvalue weighted by atomic mass is 16.5. The minimum atomic E-state index is 0.298. The van der Waals surface area contributed by atoms with Gasteiger partial charge < -0.3 is 4.74 Å². The lowest BCUT2D eigenvalue weighted by atomic mass is 9.77. The summed E-state index contributed by atoms with van der Waals surface area (Å²) in [6, 6.07) is 0. The summed E-state index contributed by atoms with van der Waals surface area (Å²) in [5.74, 6) is 1.95. The van der Waals surface area contributed by atoms with E-state index in [1.807, 2.05) is 0 Å². The fourth-order valence-corrected chi connectivity index (χ4v) is 3.26. The molecular formula is C12H16O2. The summed E-state index contributed by atoms with van der Waals surface area (Å²) in [6.45, 7) is 0.754. The van der Waals surface area contributed by atoms with E-state index in [0.29, 0.717) is 17.6 Å². The van der Waals surface area contributed by atoms with Crippen molar-refractivity contribution in [1.82, 2.24) is 0 Å². The Bertz CT molecular complexity index is 303. The topological polar surface area (TPSA) is 26.3 Å². The predicted molar refractivity (Wildman–Crippen MR) is 52.7 cm³/mol. The third kappa shape index (κ3) is 1.06. The Morgan fingerprint density at radius 2 is 1.86 bits per heavy atom. The normalized spacial score (nSPS) is 36.4. The van der Waals surface area contributed by atoms with Crippen LogP contribution in [0.1, 0.15) is 38.5 Å². The van der Waals surface area contributed by atoms with Crippen LogP contribution in [0.3, 0.4) is 0 Å². The van der Waals surface area contributed by atoms with Gasteiger partial charge in [-0.15, -0.1) is 0 Å². The lowest BCUT2D eigenvalue weighted by molar-refractivity contribution is -0.122. The highest BCUT2D eigenvalue weighted by molar-refractivity contribution is 5.99. The first-order chi connectivity index (χ1) is 6.88. The number of ether oxygens (including phenoxy) is 1. The number of Topliss-reactive ketones (excluding diaryl/α,β-unsaturated/α-hetero) is 1. The zero-order valence-corrected chi connectivity index (χ0v) is 8.42. The number of rotatable bonds is 0. The molecule has 3 rings (SSSR count). The third-order valence-corrected chi connectivity index (χ3v) is 3.90. The maximum absolute atomic E-state index is 12.0. The van der Waals surface area contributed by atoms with Crippen LogP contribution in [0.2, 0.25) is 0 Å². The van der Waals surface area contributed by atoms with Gasteiger partial charge in [0.1, 0.15) is 0 Å². The van der Waals surface area contributed by atoms with Gasteiger partial charge in [-0.3, -0.25) is 4.79 Å². The van der Waals surface area contributed by atoms with Crippen LogP contribution in [0.4, 0.5) is 0 Å². The molecule has 1 aliphatic heterocycles. The van der Waals surface area contributed by atoms with E-state index < -0.39 is 0 Å². The number of hydrogen-bond acceptors (Lipinski definition) is 2. The summed E-state index contributed by atoms with van der Waals surface area (Å²) in [5, 5.41) is 0. The van der Waals surface area contributed by atoms with Crippen LogP contribution in [-0.4, -0.2) is 12.4 Å². The zero-order chi connectivity index (χ0) is 9.54. The van der Waals surface area contributed by atoms with Crippen molar-refractivity contribution in [2.45, 2.75) is 38.5 Å². The SMILES string of the molecule is O=C1C2=C(CCCO2)[C@@H]2CCCC[C@H]12. The number of fused-ring (bicyclic) bond motifs is 2. The van der Waals surface area contributed by atoms with Crippen LogP contribution < -0.4 is 0 Å². The quantitative estimate of drug-likeness (QED) is 0.589. The molecule has 2 heteroatoms. The van der Waals surface area contributed by atoms with Gasteiger partial charge in [0.15, 0.2) is 5.76 Å². The zero-order valence-electron chi connectivity index (χ0n) is 8.42. The van der Waals surface area contributed by atoms with Gasteiger partial charge in [0.2, 0.25) is 5.78 Å². The largest absolute Gasteiger partial charge is 0.490 e. The lowest BCUT2D eigenvalue weighted by Gasteiger charge is -2.26. The van der Waals surface area contributed by atoms with Gasteiger partial charge in [0.25, 0.3) is 0 Å². The number of allylic oxidation sites excluding steroid dienone is 2. The van der Waals surface area contributed by atoms with Gasteiger partial charge in [-0.05, 0) is 37.2 Å². The van der Waals surface area contributed by atoms with Crippen molar-refractivity contribution in [2.75, 3.05) is 6.61 Å². The average Bonchev–Trinajstić information content (AvgIpc) is 2.55. The Morgan fingerprint density at radius 3 is 2.71 bits per heavy atom. The van der Waals surface area contributed by atoms with Gasteiger partial charge in [-0.1, -0.05) is 12.8 Å². The summed E-state index contributed by atoms with van der Waals surface area (Å²) in [7, 11) is 0. The van der Waals surface area contributed by atoms with Gasteiger partial charge in [-0.25, -0.2) is 0 Å². The Labute approximate surface area is 84.3 Å². The van der Waals surface area contributed by atoms with Crippen molar-refractivity contribution in [1.29, 1.82) is 0 Å². The maximum atomic E-state index is 12.0. The highest BCUT2D eigenvalue weighted by Gasteiger charge is 2.44.